The molecule has 2 aromatic heterocycles. The van der Waals surface area contributed by atoms with E-state index in [0.717, 1.165) is 0 Å². The van der Waals surface area contributed by atoms with Crippen LogP contribution in [0.3, 0.4) is 0 Å². The van der Waals surface area contributed by atoms with Gasteiger partial charge in [0.25, 0.3) is 0 Å². The summed E-state index contributed by atoms with van der Waals surface area (Å²) in [6.45, 7) is 0. The molecule has 0 aliphatic carbocycles. The van der Waals surface area contributed by atoms with E-state index < -0.39 is 12.1 Å². The number of aromatic nitrogens is 1. The van der Waals surface area contributed by atoms with Crippen LogP contribution in [-0.2, 0) is 0 Å². The molecule has 0 spiro atoms. The molecule has 0 saturated heterocycles. The van der Waals surface area contributed by atoms with Crippen LogP contribution in [0.2, 0.25) is 0 Å². The molecular weight excluding hydrogens is 224 g/mol. The molecule has 0 saturated carbocycles. The van der Waals surface area contributed by atoms with Crippen molar-refractivity contribution in [2.45, 2.75) is 6.04 Å². The number of aromatic amines is 1. The standard InChI is InChI=1S/C11H10N2O4/c14-9-5-7(1-3-12-9)10(13-11(15)16)8-2-4-17-6-8/h1-6,10,13H,(H,12,14)(H,15,16). The Balaban J connectivity index is 2.40. The molecule has 6 heteroatoms. The fraction of sp³-hybridized carbons (Fsp3) is 0.0909. The molecule has 2 aromatic rings. The van der Waals surface area contributed by atoms with Gasteiger partial charge in [0.05, 0.1) is 18.6 Å². The number of pyridine rings is 1. The molecule has 1 amide bonds. The van der Waals surface area contributed by atoms with Crippen molar-refractivity contribution >= 4 is 6.09 Å². The topological polar surface area (TPSA) is 95.3 Å². The second-order valence-electron chi connectivity index (χ2n) is 3.43. The molecule has 0 aliphatic heterocycles. The van der Waals surface area contributed by atoms with Gasteiger partial charge in [0.2, 0.25) is 5.56 Å². The lowest BCUT2D eigenvalue weighted by atomic mass is 10.0. The zero-order valence-corrected chi connectivity index (χ0v) is 8.71. The summed E-state index contributed by atoms with van der Waals surface area (Å²) in [7, 11) is 0. The second-order valence-corrected chi connectivity index (χ2v) is 3.43. The Hall–Kier alpha value is -2.50. The van der Waals surface area contributed by atoms with Gasteiger partial charge in [0.15, 0.2) is 0 Å². The van der Waals surface area contributed by atoms with Gasteiger partial charge in [-0.1, -0.05) is 0 Å². The third-order valence-electron chi connectivity index (χ3n) is 2.28. The first-order chi connectivity index (χ1) is 8.16. The molecule has 2 heterocycles. The Labute approximate surface area is 95.9 Å². The van der Waals surface area contributed by atoms with Crippen molar-refractivity contribution in [3.05, 3.63) is 58.4 Å². The van der Waals surface area contributed by atoms with Crippen LogP contribution in [0.25, 0.3) is 0 Å². The summed E-state index contributed by atoms with van der Waals surface area (Å²) >= 11 is 0. The van der Waals surface area contributed by atoms with Crippen LogP contribution in [0.5, 0.6) is 0 Å². The Morgan fingerprint density at radius 2 is 2.24 bits per heavy atom. The predicted octanol–water partition coefficient (Wildman–Crippen LogP) is 1.32. The molecule has 6 nitrogen and oxygen atoms in total. The second kappa shape index (κ2) is 4.56. The Kier molecular flexibility index (Phi) is 2.95. The molecule has 1 atom stereocenters. The number of carboxylic acid groups (broad SMARTS) is 1. The minimum absolute atomic E-state index is 0.289. The molecule has 0 aliphatic rings. The van der Waals surface area contributed by atoms with Crippen LogP contribution in [0.1, 0.15) is 17.2 Å². The van der Waals surface area contributed by atoms with Gasteiger partial charge in [-0.3, -0.25) is 4.79 Å². The molecular formula is C11H10N2O4. The SMILES string of the molecule is O=C(O)NC(c1ccoc1)c1cc[nH]c(=O)c1. The van der Waals surface area contributed by atoms with Gasteiger partial charge in [-0.15, -0.1) is 0 Å². The maximum Gasteiger partial charge on any atom is 0.405 e. The Morgan fingerprint density at radius 1 is 1.41 bits per heavy atom. The number of rotatable bonds is 3. The van der Waals surface area contributed by atoms with Gasteiger partial charge in [0.1, 0.15) is 0 Å². The number of H-pyrrole nitrogens is 1. The molecule has 0 fully saturated rings. The lowest BCUT2D eigenvalue weighted by molar-refractivity contribution is 0.191. The number of hydrogen-bond acceptors (Lipinski definition) is 3. The zero-order chi connectivity index (χ0) is 12.3. The first kappa shape index (κ1) is 11.0. The normalized spacial score (nSPS) is 12.0. The van der Waals surface area contributed by atoms with Gasteiger partial charge in [0, 0.05) is 17.8 Å². The monoisotopic (exact) mass is 234 g/mol. The van der Waals surface area contributed by atoms with Gasteiger partial charge in [-0.25, -0.2) is 4.79 Å². The summed E-state index contributed by atoms with van der Waals surface area (Å²) < 4.78 is 4.91. The molecule has 0 aromatic carbocycles. The molecule has 17 heavy (non-hydrogen) atoms. The highest BCUT2D eigenvalue weighted by Gasteiger charge is 2.17. The van der Waals surface area contributed by atoms with E-state index in [2.05, 4.69) is 10.3 Å². The summed E-state index contributed by atoms with van der Waals surface area (Å²) in [5.41, 5.74) is 0.902. The van der Waals surface area contributed by atoms with Crippen molar-refractivity contribution in [3.63, 3.8) is 0 Å². The quantitative estimate of drug-likeness (QED) is 0.746. The average Bonchev–Trinajstić information content (AvgIpc) is 2.79. The molecule has 0 bridgehead atoms. The molecule has 1 unspecified atom stereocenters. The van der Waals surface area contributed by atoms with Gasteiger partial charge >= 0.3 is 6.09 Å². The molecule has 88 valence electrons. The van der Waals surface area contributed by atoms with E-state index in [9.17, 15) is 9.59 Å². The van der Waals surface area contributed by atoms with Crippen molar-refractivity contribution in [3.8, 4) is 0 Å². The van der Waals surface area contributed by atoms with Crippen molar-refractivity contribution in [2.24, 2.45) is 0 Å². The summed E-state index contributed by atoms with van der Waals surface area (Å²) in [5.74, 6) is 0. The maximum atomic E-state index is 11.2. The van der Waals surface area contributed by atoms with Crippen LogP contribution in [0, 0.1) is 0 Å². The number of hydrogen-bond donors (Lipinski definition) is 3. The first-order valence-corrected chi connectivity index (χ1v) is 4.87. The molecule has 2 rings (SSSR count). The van der Waals surface area contributed by atoms with Crippen LogP contribution in [0.15, 0.2) is 46.1 Å². The van der Waals surface area contributed by atoms with Crippen molar-refractivity contribution in [1.29, 1.82) is 0 Å². The van der Waals surface area contributed by atoms with Crippen LogP contribution < -0.4 is 10.9 Å². The fourth-order valence-electron chi connectivity index (χ4n) is 1.56. The Bertz CT molecular complexity index is 559. The van der Waals surface area contributed by atoms with Crippen molar-refractivity contribution in [2.75, 3.05) is 0 Å². The zero-order valence-electron chi connectivity index (χ0n) is 8.71. The highest BCUT2D eigenvalue weighted by atomic mass is 16.4. The van der Waals surface area contributed by atoms with E-state index >= 15 is 0 Å². The number of nitrogens with one attached hydrogen (secondary N) is 2. The van der Waals surface area contributed by atoms with E-state index in [1.807, 2.05) is 0 Å². The average molecular weight is 234 g/mol. The van der Waals surface area contributed by atoms with Crippen LogP contribution in [0.4, 0.5) is 4.79 Å². The van der Waals surface area contributed by atoms with E-state index in [4.69, 9.17) is 9.52 Å². The molecule has 0 radical (unpaired) electrons. The van der Waals surface area contributed by atoms with Crippen molar-refractivity contribution in [1.82, 2.24) is 10.3 Å². The highest BCUT2D eigenvalue weighted by molar-refractivity contribution is 5.66. The summed E-state index contributed by atoms with van der Waals surface area (Å²) in [6.07, 6.45) is 3.17. The van der Waals surface area contributed by atoms with E-state index in [1.165, 1.54) is 24.8 Å². The van der Waals surface area contributed by atoms with Gasteiger partial charge in [-0.05, 0) is 17.7 Å². The number of carbonyl (C=O) groups is 1. The van der Waals surface area contributed by atoms with Crippen LogP contribution >= 0.6 is 0 Å². The summed E-state index contributed by atoms with van der Waals surface area (Å²) in [6, 6.07) is 4.00. The lowest BCUT2D eigenvalue weighted by Gasteiger charge is -2.15. The van der Waals surface area contributed by atoms with E-state index in [0.29, 0.717) is 11.1 Å². The van der Waals surface area contributed by atoms with Crippen LogP contribution in [-0.4, -0.2) is 16.2 Å². The Morgan fingerprint density at radius 3 is 2.82 bits per heavy atom. The predicted molar refractivity (Wildman–Crippen MR) is 58.8 cm³/mol. The lowest BCUT2D eigenvalue weighted by Crippen LogP contribution is -2.28. The summed E-state index contributed by atoms with van der Waals surface area (Å²) in [5, 5.41) is 11.1. The largest absolute Gasteiger partial charge is 0.472 e. The number of amides is 1. The third kappa shape index (κ3) is 2.54. The first-order valence-electron chi connectivity index (χ1n) is 4.87. The van der Waals surface area contributed by atoms with Crippen molar-refractivity contribution < 1.29 is 14.3 Å². The van der Waals surface area contributed by atoms with E-state index in [-0.39, 0.29) is 5.56 Å². The minimum atomic E-state index is -1.17. The minimum Gasteiger partial charge on any atom is -0.472 e. The van der Waals surface area contributed by atoms with E-state index in [1.54, 1.807) is 12.1 Å². The highest BCUT2D eigenvalue weighted by Crippen LogP contribution is 2.20. The van der Waals surface area contributed by atoms with Gasteiger partial charge < -0.3 is 19.8 Å². The fourth-order valence-corrected chi connectivity index (χ4v) is 1.56. The molecule has 3 N–H and O–H groups in total. The maximum absolute atomic E-state index is 11.2. The number of furan rings is 1. The van der Waals surface area contributed by atoms with Gasteiger partial charge in [-0.2, -0.15) is 0 Å². The summed E-state index contributed by atoms with van der Waals surface area (Å²) in [4.78, 5) is 24.4. The third-order valence-corrected chi connectivity index (χ3v) is 2.28. The smallest absolute Gasteiger partial charge is 0.405 e.